The predicted octanol–water partition coefficient (Wildman–Crippen LogP) is 3.28. The van der Waals surface area contributed by atoms with E-state index in [0.717, 1.165) is 17.6 Å². The highest BCUT2D eigenvalue weighted by Crippen LogP contribution is 2.26. The van der Waals surface area contributed by atoms with Crippen LogP contribution < -0.4 is 5.32 Å². The van der Waals surface area contributed by atoms with Crippen molar-refractivity contribution in [3.8, 4) is 11.4 Å². The van der Waals surface area contributed by atoms with Crippen LogP contribution in [0.2, 0.25) is 0 Å². The average Bonchev–Trinajstić information content (AvgIpc) is 3.51. The van der Waals surface area contributed by atoms with Gasteiger partial charge in [-0.3, -0.25) is 9.59 Å². The molecule has 0 saturated carbocycles. The SMILES string of the molecule is CC(C)(C)NC(=O)[C@@H](c1ccc(F)cc1)N(C[C@H]1CCCO1)C(=O)Cn1nnc(-c2ccc(F)cc2)n1. The highest BCUT2D eigenvalue weighted by Gasteiger charge is 2.36. The summed E-state index contributed by atoms with van der Waals surface area (Å²) in [6.07, 6.45) is 1.36. The number of amides is 2. The van der Waals surface area contributed by atoms with E-state index in [-0.39, 0.29) is 25.0 Å². The van der Waals surface area contributed by atoms with Gasteiger partial charge in [0, 0.05) is 24.3 Å². The monoisotopic (exact) mass is 512 g/mol. The van der Waals surface area contributed by atoms with Crippen molar-refractivity contribution in [1.82, 2.24) is 30.4 Å². The minimum absolute atomic E-state index is 0.165. The zero-order valence-corrected chi connectivity index (χ0v) is 21.0. The molecule has 3 aromatic rings. The molecule has 1 fully saturated rings. The normalized spacial score (nSPS) is 16.4. The molecule has 11 heteroatoms. The standard InChI is InChI=1S/C26H30F2N6O3/c1-26(2,3)29-25(36)23(17-6-10-19(27)11-7-17)33(15-21-5-4-14-37-21)22(35)16-34-31-24(30-32-34)18-8-12-20(28)13-9-18/h6-13,21,23H,4-5,14-16H2,1-3H3,(H,29,36)/t21-,23-/m1/s1. The van der Waals surface area contributed by atoms with Crippen LogP contribution >= 0.6 is 0 Å². The Bertz CT molecular complexity index is 1220. The second kappa shape index (κ2) is 11.1. The third kappa shape index (κ3) is 6.94. The number of tetrazole rings is 1. The zero-order chi connectivity index (χ0) is 26.6. The predicted molar refractivity (Wildman–Crippen MR) is 131 cm³/mol. The lowest BCUT2D eigenvalue weighted by Crippen LogP contribution is -2.51. The van der Waals surface area contributed by atoms with Gasteiger partial charge in [0.1, 0.15) is 24.2 Å². The second-order valence-corrected chi connectivity index (χ2v) is 10.0. The third-order valence-corrected chi connectivity index (χ3v) is 5.82. The van der Waals surface area contributed by atoms with Gasteiger partial charge in [-0.25, -0.2) is 8.78 Å². The minimum Gasteiger partial charge on any atom is -0.376 e. The Hall–Kier alpha value is -3.73. The quantitative estimate of drug-likeness (QED) is 0.497. The molecular formula is C26H30F2N6O3. The van der Waals surface area contributed by atoms with Gasteiger partial charge in [0.25, 0.3) is 0 Å². The van der Waals surface area contributed by atoms with Crippen LogP contribution in [0, 0.1) is 11.6 Å². The molecule has 2 aromatic carbocycles. The van der Waals surface area contributed by atoms with Gasteiger partial charge < -0.3 is 15.0 Å². The van der Waals surface area contributed by atoms with Crippen molar-refractivity contribution >= 4 is 11.8 Å². The summed E-state index contributed by atoms with van der Waals surface area (Å²) >= 11 is 0. The van der Waals surface area contributed by atoms with Crippen LogP contribution in [0.1, 0.15) is 45.2 Å². The molecule has 196 valence electrons. The van der Waals surface area contributed by atoms with E-state index in [9.17, 15) is 18.4 Å². The Balaban J connectivity index is 1.64. The van der Waals surface area contributed by atoms with Crippen LogP contribution in [-0.2, 0) is 20.9 Å². The number of carbonyl (C=O) groups is 2. The number of rotatable bonds is 8. The smallest absolute Gasteiger partial charge is 0.247 e. The number of ether oxygens (including phenoxy) is 1. The Kier molecular flexibility index (Phi) is 7.91. The van der Waals surface area contributed by atoms with Crippen molar-refractivity contribution in [3.05, 3.63) is 65.7 Å². The molecule has 0 aliphatic carbocycles. The van der Waals surface area contributed by atoms with Crippen LogP contribution in [0.25, 0.3) is 11.4 Å². The number of nitrogens with zero attached hydrogens (tertiary/aromatic N) is 5. The minimum atomic E-state index is -1.03. The van der Waals surface area contributed by atoms with E-state index >= 15 is 0 Å². The molecule has 9 nitrogen and oxygen atoms in total. The van der Waals surface area contributed by atoms with Crippen LogP contribution in [-0.4, -0.2) is 61.7 Å². The number of hydrogen-bond donors (Lipinski definition) is 1. The van der Waals surface area contributed by atoms with Gasteiger partial charge in [0.15, 0.2) is 0 Å². The molecule has 0 radical (unpaired) electrons. The first-order valence-electron chi connectivity index (χ1n) is 12.1. The summed E-state index contributed by atoms with van der Waals surface area (Å²) in [5.74, 6) is -1.44. The first-order chi connectivity index (χ1) is 17.6. The number of nitrogens with one attached hydrogen (secondary N) is 1. The van der Waals surface area contributed by atoms with Gasteiger partial charge in [-0.2, -0.15) is 4.80 Å². The summed E-state index contributed by atoms with van der Waals surface area (Å²) in [6.45, 7) is 5.98. The molecule has 0 unspecified atom stereocenters. The summed E-state index contributed by atoms with van der Waals surface area (Å²) in [7, 11) is 0. The van der Waals surface area contributed by atoms with E-state index in [1.165, 1.54) is 53.4 Å². The highest BCUT2D eigenvalue weighted by molar-refractivity contribution is 5.89. The fraction of sp³-hybridized carbons (Fsp3) is 0.423. The summed E-state index contributed by atoms with van der Waals surface area (Å²) in [5, 5.41) is 15.1. The van der Waals surface area contributed by atoms with Crippen molar-refractivity contribution in [3.63, 3.8) is 0 Å². The number of benzene rings is 2. The lowest BCUT2D eigenvalue weighted by atomic mass is 10.0. The van der Waals surface area contributed by atoms with E-state index < -0.39 is 35.0 Å². The molecule has 1 saturated heterocycles. The van der Waals surface area contributed by atoms with E-state index in [1.807, 2.05) is 20.8 Å². The Morgan fingerprint density at radius 3 is 2.35 bits per heavy atom. The number of halogens is 2. The number of hydrogen-bond acceptors (Lipinski definition) is 6. The van der Waals surface area contributed by atoms with Crippen LogP contribution in [0.15, 0.2) is 48.5 Å². The lowest BCUT2D eigenvalue weighted by molar-refractivity contribution is -0.144. The molecule has 2 heterocycles. The fourth-order valence-electron chi connectivity index (χ4n) is 4.15. The van der Waals surface area contributed by atoms with Gasteiger partial charge >= 0.3 is 0 Å². The largest absolute Gasteiger partial charge is 0.376 e. The third-order valence-electron chi connectivity index (χ3n) is 5.82. The maximum atomic E-state index is 13.7. The topological polar surface area (TPSA) is 102 Å². The van der Waals surface area contributed by atoms with Crippen molar-refractivity contribution in [1.29, 1.82) is 0 Å². The van der Waals surface area contributed by atoms with Gasteiger partial charge in [-0.15, -0.1) is 10.2 Å². The van der Waals surface area contributed by atoms with E-state index in [0.29, 0.717) is 17.7 Å². The summed E-state index contributed by atoms with van der Waals surface area (Å²) in [6, 6.07) is 10.1. The van der Waals surface area contributed by atoms with Crippen LogP contribution in [0.4, 0.5) is 8.78 Å². The van der Waals surface area contributed by atoms with Gasteiger partial charge in [-0.05, 0) is 80.8 Å². The molecular weight excluding hydrogens is 482 g/mol. The summed E-state index contributed by atoms with van der Waals surface area (Å²) in [5.41, 5.74) is 0.448. The molecule has 1 N–H and O–H groups in total. The second-order valence-electron chi connectivity index (χ2n) is 10.0. The van der Waals surface area contributed by atoms with Crippen LogP contribution in [0.3, 0.4) is 0 Å². The summed E-state index contributed by atoms with van der Waals surface area (Å²) < 4.78 is 32.8. The zero-order valence-electron chi connectivity index (χ0n) is 21.0. The fourth-order valence-corrected chi connectivity index (χ4v) is 4.15. The lowest BCUT2D eigenvalue weighted by Gasteiger charge is -2.34. The van der Waals surface area contributed by atoms with Crippen molar-refractivity contribution < 1.29 is 23.1 Å². The van der Waals surface area contributed by atoms with Gasteiger partial charge in [0.2, 0.25) is 17.6 Å². The van der Waals surface area contributed by atoms with Crippen molar-refractivity contribution in [2.45, 2.75) is 57.8 Å². The molecule has 1 aliphatic rings. The molecule has 2 amide bonds. The van der Waals surface area contributed by atoms with E-state index in [1.54, 1.807) is 0 Å². The molecule has 1 aromatic heterocycles. The molecule has 2 atom stereocenters. The van der Waals surface area contributed by atoms with Crippen LogP contribution in [0.5, 0.6) is 0 Å². The maximum Gasteiger partial charge on any atom is 0.247 e. The number of aromatic nitrogens is 4. The Labute approximate surface area is 213 Å². The molecule has 1 aliphatic heterocycles. The number of carbonyl (C=O) groups excluding carboxylic acids is 2. The van der Waals surface area contributed by atoms with Crippen molar-refractivity contribution in [2.24, 2.45) is 0 Å². The maximum absolute atomic E-state index is 13.7. The van der Waals surface area contributed by atoms with E-state index in [4.69, 9.17) is 4.74 Å². The first-order valence-corrected chi connectivity index (χ1v) is 12.1. The molecule has 4 rings (SSSR count). The first kappa shape index (κ1) is 26.3. The van der Waals surface area contributed by atoms with Gasteiger partial charge in [0.05, 0.1) is 6.10 Å². The van der Waals surface area contributed by atoms with Crippen molar-refractivity contribution in [2.75, 3.05) is 13.2 Å². The summed E-state index contributed by atoms with van der Waals surface area (Å²) in [4.78, 5) is 29.8. The van der Waals surface area contributed by atoms with Gasteiger partial charge in [-0.1, -0.05) is 12.1 Å². The molecule has 0 spiro atoms. The Morgan fingerprint density at radius 2 is 1.76 bits per heavy atom. The average molecular weight is 513 g/mol. The highest BCUT2D eigenvalue weighted by atomic mass is 19.1. The Morgan fingerprint density at radius 1 is 1.11 bits per heavy atom. The van der Waals surface area contributed by atoms with E-state index in [2.05, 4.69) is 20.7 Å². The molecule has 37 heavy (non-hydrogen) atoms. The molecule has 0 bridgehead atoms.